The molecule has 4 aliphatic carbocycles. The summed E-state index contributed by atoms with van der Waals surface area (Å²) in [6.45, 7) is 2.26. The van der Waals surface area contributed by atoms with Crippen molar-refractivity contribution in [1.29, 1.82) is 0 Å². The van der Waals surface area contributed by atoms with Crippen LogP contribution in [0, 0.1) is 23.2 Å². The van der Waals surface area contributed by atoms with Crippen LogP contribution in [-0.4, -0.2) is 6.04 Å². The molecule has 0 amide bonds. The first-order valence-electron chi connectivity index (χ1n) is 6.43. The number of rotatable bonds is 1. The van der Waals surface area contributed by atoms with Crippen molar-refractivity contribution < 1.29 is 0 Å². The maximum Gasteiger partial charge on any atom is 0.00672 e. The van der Waals surface area contributed by atoms with Crippen LogP contribution < -0.4 is 5.73 Å². The summed E-state index contributed by atoms with van der Waals surface area (Å²) in [7, 11) is 0. The fraction of sp³-hybridized carbons (Fsp3) is 1.00. The summed E-state index contributed by atoms with van der Waals surface area (Å²) in [4.78, 5) is 0. The summed E-state index contributed by atoms with van der Waals surface area (Å²) in [5, 5.41) is 0. The van der Waals surface area contributed by atoms with Gasteiger partial charge in [-0.05, 0) is 75.0 Å². The van der Waals surface area contributed by atoms with E-state index in [1.54, 1.807) is 0 Å². The second kappa shape index (κ2) is 2.98. The summed E-state index contributed by atoms with van der Waals surface area (Å²) < 4.78 is 0. The van der Waals surface area contributed by atoms with Gasteiger partial charge in [-0.15, -0.1) is 0 Å². The van der Waals surface area contributed by atoms with Gasteiger partial charge < -0.3 is 5.73 Å². The van der Waals surface area contributed by atoms with Crippen LogP contribution in [0.1, 0.15) is 51.9 Å². The smallest absolute Gasteiger partial charge is 0.00672 e. The second-order valence-corrected chi connectivity index (χ2v) is 6.40. The van der Waals surface area contributed by atoms with E-state index in [0.717, 1.165) is 17.8 Å². The van der Waals surface area contributed by atoms with Gasteiger partial charge in [0.25, 0.3) is 0 Å². The van der Waals surface area contributed by atoms with Crippen LogP contribution in [0.3, 0.4) is 0 Å². The summed E-state index contributed by atoms with van der Waals surface area (Å²) in [5.74, 6) is 3.16. The van der Waals surface area contributed by atoms with E-state index in [1.165, 1.54) is 44.9 Å². The molecule has 4 bridgehead atoms. The Labute approximate surface area is 87.4 Å². The number of hydrogen-bond donors (Lipinski definition) is 1. The van der Waals surface area contributed by atoms with Crippen LogP contribution in [0.2, 0.25) is 0 Å². The SMILES string of the molecule is CC(N)C12CCC3CC(CC(C3)C1)C2. The van der Waals surface area contributed by atoms with Crippen molar-refractivity contribution in [2.75, 3.05) is 0 Å². The van der Waals surface area contributed by atoms with E-state index in [1.807, 2.05) is 0 Å². The summed E-state index contributed by atoms with van der Waals surface area (Å²) in [6.07, 6.45) is 10.4. The Hall–Kier alpha value is -0.0400. The van der Waals surface area contributed by atoms with Crippen molar-refractivity contribution in [3.05, 3.63) is 0 Å². The van der Waals surface area contributed by atoms with Gasteiger partial charge in [-0.3, -0.25) is 0 Å². The van der Waals surface area contributed by atoms with Crippen molar-refractivity contribution in [1.82, 2.24) is 0 Å². The molecule has 1 heteroatoms. The Bertz CT molecular complexity index is 219. The first kappa shape index (κ1) is 9.21. The minimum Gasteiger partial charge on any atom is -0.327 e. The first-order chi connectivity index (χ1) is 6.68. The summed E-state index contributed by atoms with van der Waals surface area (Å²) in [6, 6.07) is 0.435. The molecule has 0 radical (unpaired) electrons. The molecular weight excluding hydrogens is 170 g/mol. The van der Waals surface area contributed by atoms with E-state index in [2.05, 4.69) is 6.92 Å². The molecule has 0 spiro atoms. The fourth-order valence-corrected chi connectivity index (χ4v) is 4.80. The highest BCUT2D eigenvalue weighted by Gasteiger charge is 2.48. The van der Waals surface area contributed by atoms with E-state index >= 15 is 0 Å². The van der Waals surface area contributed by atoms with Crippen molar-refractivity contribution in [2.24, 2.45) is 28.9 Å². The first-order valence-corrected chi connectivity index (χ1v) is 6.43. The van der Waals surface area contributed by atoms with Gasteiger partial charge >= 0.3 is 0 Å². The largest absolute Gasteiger partial charge is 0.327 e. The molecule has 0 aromatic heterocycles. The Morgan fingerprint density at radius 3 is 2.21 bits per heavy atom. The molecule has 0 aromatic carbocycles. The lowest BCUT2D eigenvalue weighted by atomic mass is 9.59. The minimum atomic E-state index is 0.435. The highest BCUT2D eigenvalue weighted by atomic mass is 14.7. The van der Waals surface area contributed by atoms with E-state index < -0.39 is 0 Å². The standard InChI is InChI=1S/C13H23N/c1-9(14)13-3-2-10-4-11(7-13)6-12(5-10)8-13/h9-12H,2-8,14H2,1H3. The second-order valence-electron chi connectivity index (χ2n) is 6.40. The molecule has 3 atom stereocenters. The number of hydrogen-bond acceptors (Lipinski definition) is 1. The van der Waals surface area contributed by atoms with Crippen LogP contribution >= 0.6 is 0 Å². The molecule has 80 valence electrons. The average molecular weight is 193 g/mol. The van der Waals surface area contributed by atoms with E-state index in [4.69, 9.17) is 5.73 Å². The van der Waals surface area contributed by atoms with Crippen LogP contribution in [0.4, 0.5) is 0 Å². The molecular formula is C13H23N. The Balaban J connectivity index is 1.93. The van der Waals surface area contributed by atoms with Crippen LogP contribution in [0.15, 0.2) is 0 Å². The third-order valence-electron chi connectivity index (χ3n) is 5.41. The molecule has 2 N–H and O–H groups in total. The molecule has 4 rings (SSSR count). The number of fused-ring (bicyclic) bond motifs is 1. The minimum absolute atomic E-state index is 0.435. The Kier molecular flexibility index (Phi) is 1.96. The maximum absolute atomic E-state index is 6.26. The molecule has 4 aliphatic rings. The normalized spacial score (nSPS) is 53.1. The van der Waals surface area contributed by atoms with Crippen molar-refractivity contribution >= 4 is 0 Å². The third-order valence-corrected chi connectivity index (χ3v) is 5.41. The number of nitrogens with two attached hydrogens (primary N) is 1. The predicted octanol–water partition coefficient (Wildman–Crippen LogP) is 2.94. The van der Waals surface area contributed by atoms with E-state index in [0.29, 0.717) is 11.5 Å². The van der Waals surface area contributed by atoms with Gasteiger partial charge in [0.15, 0.2) is 0 Å². The van der Waals surface area contributed by atoms with Crippen molar-refractivity contribution in [3.63, 3.8) is 0 Å². The highest BCUT2D eigenvalue weighted by Crippen LogP contribution is 2.57. The van der Waals surface area contributed by atoms with Crippen LogP contribution in [0.5, 0.6) is 0 Å². The quantitative estimate of drug-likeness (QED) is 0.681. The molecule has 4 fully saturated rings. The lowest BCUT2D eigenvalue weighted by molar-refractivity contribution is 0.0505. The molecule has 3 unspecified atom stereocenters. The van der Waals surface area contributed by atoms with Gasteiger partial charge in [0.05, 0.1) is 0 Å². The molecule has 0 heterocycles. The lowest BCUT2D eigenvalue weighted by Gasteiger charge is -2.47. The maximum atomic E-state index is 6.26. The van der Waals surface area contributed by atoms with Gasteiger partial charge in [0.2, 0.25) is 0 Å². The molecule has 14 heavy (non-hydrogen) atoms. The zero-order valence-electron chi connectivity index (χ0n) is 9.34. The zero-order valence-corrected chi connectivity index (χ0v) is 9.34. The lowest BCUT2D eigenvalue weighted by Crippen LogP contribution is -2.45. The molecule has 0 saturated heterocycles. The molecule has 0 aromatic rings. The molecule has 0 aliphatic heterocycles. The monoisotopic (exact) mass is 193 g/mol. The van der Waals surface area contributed by atoms with E-state index in [9.17, 15) is 0 Å². The van der Waals surface area contributed by atoms with Crippen molar-refractivity contribution in [3.8, 4) is 0 Å². The highest BCUT2D eigenvalue weighted by molar-refractivity contribution is 5.01. The molecule has 4 saturated carbocycles. The molecule has 1 nitrogen and oxygen atoms in total. The van der Waals surface area contributed by atoms with Crippen LogP contribution in [-0.2, 0) is 0 Å². The van der Waals surface area contributed by atoms with Gasteiger partial charge in [0.1, 0.15) is 0 Å². The van der Waals surface area contributed by atoms with Gasteiger partial charge in [-0.25, -0.2) is 0 Å². The van der Waals surface area contributed by atoms with Crippen LogP contribution in [0.25, 0.3) is 0 Å². The van der Waals surface area contributed by atoms with Gasteiger partial charge in [-0.2, -0.15) is 0 Å². The Morgan fingerprint density at radius 1 is 1.07 bits per heavy atom. The Morgan fingerprint density at radius 2 is 1.64 bits per heavy atom. The zero-order chi connectivity index (χ0) is 9.76. The van der Waals surface area contributed by atoms with Gasteiger partial charge in [-0.1, -0.05) is 0 Å². The predicted molar refractivity (Wildman–Crippen MR) is 58.9 cm³/mol. The summed E-state index contributed by atoms with van der Waals surface area (Å²) in [5.41, 5.74) is 6.81. The summed E-state index contributed by atoms with van der Waals surface area (Å²) >= 11 is 0. The van der Waals surface area contributed by atoms with E-state index in [-0.39, 0.29) is 0 Å². The topological polar surface area (TPSA) is 26.0 Å². The fourth-order valence-electron chi connectivity index (χ4n) is 4.80. The third kappa shape index (κ3) is 1.25. The van der Waals surface area contributed by atoms with Crippen molar-refractivity contribution in [2.45, 2.75) is 57.9 Å². The average Bonchev–Trinajstić information content (AvgIpc) is 2.31. The van der Waals surface area contributed by atoms with Gasteiger partial charge in [0, 0.05) is 6.04 Å².